The minimum atomic E-state index is -0.501. The Morgan fingerprint density at radius 1 is 1.06 bits per heavy atom. The van der Waals surface area contributed by atoms with Crippen LogP contribution in [0.5, 0.6) is 5.75 Å². The van der Waals surface area contributed by atoms with E-state index in [1.807, 2.05) is 31.2 Å². The van der Waals surface area contributed by atoms with Gasteiger partial charge in [-0.15, -0.1) is 0 Å². The van der Waals surface area contributed by atoms with E-state index >= 15 is 0 Å². The maximum absolute atomic E-state index is 12.5. The van der Waals surface area contributed by atoms with Crippen molar-refractivity contribution in [1.29, 1.82) is 0 Å². The number of non-ortho nitro benzene ring substituents is 1. The Labute approximate surface area is 194 Å². The molecule has 0 spiro atoms. The Bertz CT molecular complexity index is 1310. The third kappa shape index (κ3) is 5.68. The molecule has 1 amide bonds. The summed E-state index contributed by atoms with van der Waals surface area (Å²) in [5, 5.41) is 16.7. The molecule has 0 saturated heterocycles. The van der Waals surface area contributed by atoms with Crippen LogP contribution in [0, 0.1) is 17.0 Å². The quantitative estimate of drug-likeness (QED) is 0.292. The van der Waals surface area contributed by atoms with Gasteiger partial charge < -0.3 is 15.4 Å². The first-order valence-electron chi connectivity index (χ1n) is 10.3. The zero-order valence-corrected chi connectivity index (χ0v) is 18.1. The van der Waals surface area contributed by atoms with Crippen LogP contribution < -0.4 is 15.4 Å². The average Bonchev–Trinajstić information content (AvgIpc) is 2.85. The smallest absolute Gasteiger partial charge is 0.269 e. The number of aryl methyl sites for hydroxylation is 1. The van der Waals surface area contributed by atoms with Crippen molar-refractivity contribution in [2.45, 2.75) is 6.92 Å². The number of benzene rings is 2. The maximum Gasteiger partial charge on any atom is 0.269 e. The average molecular weight is 456 g/mol. The molecule has 0 bridgehead atoms. The molecule has 2 aromatic heterocycles. The van der Waals surface area contributed by atoms with E-state index in [4.69, 9.17) is 4.74 Å². The van der Waals surface area contributed by atoms with Crippen LogP contribution in [0.2, 0.25) is 0 Å². The molecule has 0 fully saturated rings. The van der Waals surface area contributed by atoms with E-state index in [0.717, 1.165) is 11.1 Å². The summed E-state index contributed by atoms with van der Waals surface area (Å²) in [6, 6.07) is 16.5. The van der Waals surface area contributed by atoms with Gasteiger partial charge in [0.15, 0.2) is 6.61 Å². The number of anilines is 3. The fourth-order valence-electron chi connectivity index (χ4n) is 3.08. The van der Waals surface area contributed by atoms with E-state index in [1.165, 1.54) is 24.3 Å². The van der Waals surface area contributed by atoms with Crippen LogP contribution in [-0.4, -0.2) is 32.4 Å². The highest BCUT2D eigenvalue weighted by molar-refractivity contribution is 5.95. The molecular weight excluding hydrogens is 436 g/mol. The van der Waals surface area contributed by atoms with Crippen LogP contribution in [0.3, 0.4) is 0 Å². The van der Waals surface area contributed by atoms with Gasteiger partial charge in [-0.2, -0.15) is 0 Å². The van der Waals surface area contributed by atoms with Gasteiger partial charge >= 0.3 is 0 Å². The molecular formula is C24H20N6O4. The summed E-state index contributed by atoms with van der Waals surface area (Å²) in [6.07, 6.45) is 5.05. The molecule has 34 heavy (non-hydrogen) atoms. The third-order valence-electron chi connectivity index (χ3n) is 4.73. The van der Waals surface area contributed by atoms with E-state index < -0.39 is 10.8 Å². The van der Waals surface area contributed by atoms with E-state index in [9.17, 15) is 14.9 Å². The van der Waals surface area contributed by atoms with Crippen LogP contribution in [0.4, 0.5) is 23.0 Å². The molecule has 0 aliphatic rings. The van der Waals surface area contributed by atoms with Crippen LogP contribution in [-0.2, 0) is 4.79 Å². The van der Waals surface area contributed by atoms with E-state index in [1.54, 1.807) is 30.7 Å². The van der Waals surface area contributed by atoms with E-state index in [2.05, 4.69) is 25.6 Å². The normalized spacial score (nSPS) is 10.4. The summed E-state index contributed by atoms with van der Waals surface area (Å²) in [5.41, 5.74) is 3.63. The zero-order chi connectivity index (χ0) is 23.9. The largest absolute Gasteiger partial charge is 0.484 e. The topological polar surface area (TPSA) is 132 Å². The second kappa shape index (κ2) is 10.2. The summed E-state index contributed by atoms with van der Waals surface area (Å²) in [7, 11) is 0. The molecule has 0 atom stereocenters. The molecule has 0 aliphatic carbocycles. The molecule has 2 N–H and O–H groups in total. The molecule has 0 unspecified atom stereocenters. The van der Waals surface area contributed by atoms with Gasteiger partial charge in [0.25, 0.3) is 11.6 Å². The van der Waals surface area contributed by atoms with Gasteiger partial charge in [0.2, 0.25) is 5.95 Å². The molecule has 10 heteroatoms. The minimum absolute atomic E-state index is 0.0537. The Hall–Kier alpha value is -4.86. The Kier molecular flexibility index (Phi) is 6.68. The van der Waals surface area contributed by atoms with Crippen molar-refractivity contribution in [3.63, 3.8) is 0 Å². The summed E-state index contributed by atoms with van der Waals surface area (Å²) in [6.45, 7) is 1.67. The first kappa shape index (κ1) is 22.3. The Morgan fingerprint density at radius 3 is 2.62 bits per heavy atom. The van der Waals surface area contributed by atoms with E-state index in [0.29, 0.717) is 28.8 Å². The van der Waals surface area contributed by atoms with Crippen LogP contribution in [0.15, 0.2) is 79.3 Å². The summed E-state index contributed by atoms with van der Waals surface area (Å²) in [4.78, 5) is 35.6. The van der Waals surface area contributed by atoms with Crippen LogP contribution in [0.25, 0.3) is 11.3 Å². The number of amides is 1. The van der Waals surface area contributed by atoms with Gasteiger partial charge in [0, 0.05) is 36.3 Å². The van der Waals surface area contributed by atoms with Crippen molar-refractivity contribution in [2.75, 3.05) is 17.2 Å². The van der Waals surface area contributed by atoms with Gasteiger partial charge in [-0.1, -0.05) is 6.07 Å². The number of nitro groups is 1. The molecule has 170 valence electrons. The predicted octanol–water partition coefficient (Wildman–Crippen LogP) is 4.52. The number of aromatic nitrogens is 3. The van der Waals surface area contributed by atoms with Crippen molar-refractivity contribution in [1.82, 2.24) is 15.0 Å². The number of pyridine rings is 1. The molecule has 2 aromatic carbocycles. The van der Waals surface area contributed by atoms with Gasteiger partial charge in [-0.3, -0.25) is 19.9 Å². The molecule has 4 aromatic rings. The highest BCUT2D eigenvalue weighted by atomic mass is 16.6. The van der Waals surface area contributed by atoms with Crippen molar-refractivity contribution >= 4 is 28.9 Å². The summed E-state index contributed by atoms with van der Waals surface area (Å²) in [5.74, 6) is 0.323. The number of hydrogen-bond donors (Lipinski definition) is 2. The SMILES string of the molecule is Cc1ccc(NC(=O)COc2ccc([N+](=O)[O-])cc2)c(Nc2nccc(-c3cccnc3)n2)c1. The number of ether oxygens (including phenoxy) is 1. The molecule has 0 aliphatic heterocycles. The van der Waals surface area contributed by atoms with Crippen molar-refractivity contribution in [3.8, 4) is 17.0 Å². The standard InChI is InChI=1S/C24H20N6O4/c1-16-4-9-21(27-23(31)15-34-19-7-5-18(6-8-19)30(32)33)22(13-16)29-24-26-12-10-20(28-24)17-3-2-11-25-14-17/h2-14H,15H2,1H3,(H,27,31)(H,26,28,29). The second-order valence-electron chi connectivity index (χ2n) is 7.27. The fourth-order valence-corrected chi connectivity index (χ4v) is 3.08. The summed E-state index contributed by atoms with van der Waals surface area (Å²) >= 11 is 0. The molecule has 0 saturated carbocycles. The van der Waals surface area contributed by atoms with Crippen LogP contribution >= 0.6 is 0 Å². The van der Waals surface area contributed by atoms with Gasteiger partial charge in [0.05, 0.1) is 22.0 Å². The maximum atomic E-state index is 12.5. The second-order valence-corrected chi connectivity index (χ2v) is 7.27. The lowest BCUT2D eigenvalue weighted by Gasteiger charge is -2.14. The van der Waals surface area contributed by atoms with Crippen molar-refractivity contribution in [2.24, 2.45) is 0 Å². The lowest BCUT2D eigenvalue weighted by Crippen LogP contribution is -2.20. The van der Waals surface area contributed by atoms with Gasteiger partial charge in [0.1, 0.15) is 5.75 Å². The van der Waals surface area contributed by atoms with Crippen molar-refractivity contribution in [3.05, 3.63) is 94.9 Å². The Morgan fingerprint density at radius 2 is 1.88 bits per heavy atom. The fraction of sp³-hybridized carbons (Fsp3) is 0.0833. The lowest BCUT2D eigenvalue weighted by atomic mass is 10.2. The highest BCUT2D eigenvalue weighted by Crippen LogP contribution is 2.26. The number of nitrogens with one attached hydrogen (secondary N) is 2. The number of nitrogens with zero attached hydrogens (tertiary/aromatic N) is 4. The van der Waals surface area contributed by atoms with Gasteiger partial charge in [-0.05, 0) is 55.0 Å². The lowest BCUT2D eigenvalue weighted by molar-refractivity contribution is -0.384. The van der Waals surface area contributed by atoms with Crippen LogP contribution in [0.1, 0.15) is 5.56 Å². The van der Waals surface area contributed by atoms with Gasteiger partial charge in [-0.25, -0.2) is 9.97 Å². The molecule has 2 heterocycles. The Balaban J connectivity index is 1.45. The zero-order valence-electron chi connectivity index (χ0n) is 18.1. The first-order chi connectivity index (χ1) is 16.5. The minimum Gasteiger partial charge on any atom is -0.484 e. The number of nitro benzene ring substituents is 1. The third-order valence-corrected chi connectivity index (χ3v) is 4.73. The molecule has 10 nitrogen and oxygen atoms in total. The highest BCUT2D eigenvalue weighted by Gasteiger charge is 2.11. The monoisotopic (exact) mass is 456 g/mol. The van der Waals surface area contributed by atoms with Crippen molar-refractivity contribution < 1.29 is 14.5 Å². The number of rotatable bonds is 8. The number of hydrogen-bond acceptors (Lipinski definition) is 8. The first-order valence-corrected chi connectivity index (χ1v) is 10.3. The molecule has 0 radical (unpaired) electrons. The summed E-state index contributed by atoms with van der Waals surface area (Å²) < 4.78 is 5.44. The number of carbonyl (C=O) groups excluding carboxylic acids is 1. The molecule has 4 rings (SSSR count). The van der Waals surface area contributed by atoms with E-state index in [-0.39, 0.29) is 12.3 Å². The predicted molar refractivity (Wildman–Crippen MR) is 127 cm³/mol. The number of carbonyl (C=O) groups is 1.